The molecule has 0 aliphatic carbocycles. The van der Waals surface area contributed by atoms with E-state index in [2.05, 4.69) is 30.1 Å². The number of benzene rings is 1. The van der Waals surface area contributed by atoms with E-state index in [-0.39, 0.29) is 18.3 Å². The van der Waals surface area contributed by atoms with E-state index in [9.17, 15) is 4.79 Å². The lowest BCUT2D eigenvalue weighted by Crippen LogP contribution is -2.46. The first kappa shape index (κ1) is 21.8. The number of para-hydroxylation sites is 1. The van der Waals surface area contributed by atoms with Crippen LogP contribution in [0.15, 0.2) is 24.3 Å². The van der Waals surface area contributed by atoms with E-state index < -0.39 is 5.41 Å². The molecule has 1 aliphatic heterocycles. The second-order valence-electron chi connectivity index (χ2n) is 7.50. The molecule has 1 fully saturated rings. The van der Waals surface area contributed by atoms with E-state index in [1.807, 2.05) is 25.2 Å². The normalized spacial score (nSPS) is 15.6. The molecule has 1 N–H and O–H groups in total. The molecule has 1 aromatic carbocycles. The number of halogens is 1. The molecule has 0 bridgehead atoms. The highest BCUT2D eigenvalue weighted by Crippen LogP contribution is 2.31. The molecular formula is C20H33ClN2O2. The molecule has 4 nitrogen and oxygen atoms in total. The molecule has 0 radical (unpaired) electrons. The van der Waals surface area contributed by atoms with Gasteiger partial charge in [-0.3, -0.25) is 4.79 Å². The van der Waals surface area contributed by atoms with Crippen LogP contribution in [0.2, 0.25) is 0 Å². The van der Waals surface area contributed by atoms with Crippen molar-refractivity contribution >= 4 is 18.3 Å². The number of rotatable bonds is 7. The van der Waals surface area contributed by atoms with Crippen LogP contribution >= 0.6 is 12.4 Å². The first-order chi connectivity index (χ1) is 11.5. The van der Waals surface area contributed by atoms with Crippen molar-refractivity contribution in [2.24, 2.45) is 11.3 Å². The first-order valence-electron chi connectivity index (χ1n) is 9.04. The molecule has 5 heteroatoms. The summed E-state index contributed by atoms with van der Waals surface area (Å²) in [6.07, 6.45) is 4.16. The van der Waals surface area contributed by atoms with Crippen LogP contribution in [0, 0.1) is 11.3 Å². The molecule has 0 atom stereocenters. The van der Waals surface area contributed by atoms with Crippen molar-refractivity contribution in [3.63, 3.8) is 0 Å². The second-order valence-corrected chi connectivity index (χ2v) is 7.50. The van der Waals surface area contributed by atoms with Crippen molar-refractivity contribution in [2.75, 3.05) is 33.8 Å². The lowest BCUT2D eigenvalue weighted by atomic mass is 9.82. The highest BCUT2D eigenvalue weighted by atomic mass is 35.5. The summed E-state index contributed by atoms with van der Waals surface area (Å²) in [5, 5.41) is 3.22. The average Bonchev–Trinajstić information content (AvgIpc) is 2.60. The third-order valence-corrected chi connectivity index (χ3v) is 5.11. The third-order valence-electron chi connectivity index (χ3n) is 5.11. The molecular weight excluding hydrogens is 336 g/mol. The van der Waals surface area contributed by atoms with Crippen molar-refractivity contribution < 1.29 is 9.53 Å². The number of nitrogens with one attached hydrogen (secondary N) is 1. The maximum absolute atomic E-state index is 13.0. The van der Waals surface area contributed by atoms with Crippen molar-refractivity contribution in [1.82, 2.24) is 10.2 Å². The Balaban J connectivity index is 0.00000312. The zero-order valence-electron chi connectivity index (χ0n) is 16.0. The number of hydrogen-bond donors (Lipinski definition) is 1. The van der Waals surface area contributed by atoms with Gasteiger partial charge in [0.1, 0.15) is 5.75 Å². The molecule has 142 valence electrons. The zero-order chi connectivity index (χ0) is 17.6. The van der Waals surface area contributed by atoms with Gasteiger partial charge in [-0.1, -0.05) is 32.0 Å². The van der Waals surface area contributed by atoms with Crippen LogP contribution < -0.4 is 10.1 Å². The minimum Gasteiger partial charge on any atom is -0.496 e. The van der Waals surface area contributed by atoms with Crippen LogP contribution in [0.3, 0.4) is 0 Å². The van der Waals surface area contributed by atoms with Crippen molar-refractivity contribution in [3.8, 4) is 5.75 Å². The summed E-state index contributed by atoms with van der Waals surface area (Å²) in [4.78, 5) is 15.1. The van der Waals surface area contributed by atoms with E-state index in [0.717, 1.165) is 49.7 Å². The number of nitrogens with zero attached hydrogens (tertiary/aromatic N) is 1. The minimum atomic E-state index is -0.410. The van der Waals surface area contributed by atoms with Gasteiger partial charge in [0.05, 0.1) is 7.11 Å². The Bertz CT molecular complexity index is 540. The summed E-state index contributed by atoms with van der Waals surface area (Å²) in [6, 6.07) is 7.99. The largest absolute Gasteiger partial charge is 0.496 e. The predicted octanol–water partition coefficient (Wildman–Crippen LogP) is 3.53. The number of methoxy groups -OCH3 is 1. The molecule has 1 aromatic rings. The van der Waals surface area contributed by atoms with Crippen LogP contribution in [0.1, 0.15) is 38.7 Å². The van der Waals surface area contributed by atoms with Crippen LogP contribution in [-0.4, -0.2) is 44.6 Å². The highest BCUT2D eigenvalue weighted by Gasteiger charge is 2.34. The van der Waals surface area contributed by atoms with Crippen molar-refractivity contribution in [3.05, 3.63) is 29.8 Å². The lowest BCUT2D eigenvalue weighted by Gasteiger charge is -2.37. The summed E-state index contributed by atoms with van der Waals surface area (Å²) in [5.74, 6) is 1.88. The molecule has 0 unspecified atom stereocenters. The number of ether oxygens (including phenoxy) is 1. The minimum absolute atomic E-state index is 0. The van der Waals surface area contributed by atoms with E-state index in [1.165, 1.54) is 6.42 Å². The van der Waals surface area contributed by atoms with Gasteiger partial charge in [-0.05, 0) is 56.8 Å². The van der Waals surface area contributed by atoms with Gasteiger partial charge in [0.25, 0.3) is 0 Å². The van der Waals surface area contributed by atoms with Gasteiger partial charge in [-0.15, -0.1) is 12.4 Å². The average molecular weight is 369 g/mol. The van der Waals surface area contributed by atoms with E-state index in [1.54, 1.807) is 7.11 Å². The Morgan fingerprint density at radius 1 is 1.28 bits per heavy atom. The quantitative estimate of drug-likeness (QED) is 0.800. The van der Waals surface area contributed by atoms with Gasteiger partial charge in [0, 0.05) is 18.5 Å². The fourth-order valence-electron chi connectivity index (χ4n) is 3.60. The number of hydrogen-bond acceptors (Lipinski definition) is 3. The third kappa shape index (κ3) is 5.89. The van der Waals surface area contributed by atoms with Crippen LogP contribution in [0.25, 0.3) is 0 Å². The smallest absolute Gasteiger partial charge is 0.228 e. The van der Waals surface area contributed by atoms with Gasteiger partial charge in [0.15, 0.2) is 0 Å². The molecule has 0 aromatic heterocycles. The number of carbonyl (C=O) groups is 1. The summed E-state index contributed by atoms with van der Waals surface area (Å²) in [7, 11) is 3.68. The summed E-state index contributed by atoms with van der Waals surface area (Å²) in [5.41, 5.74) is 0.689. The lowest BCUT2D eigenvalue weighted by molar-refractivity contribution is -0.141. The fraction of sp³-hybridized carbons (Fsp3) is 0.650. The zero-order valence-corrected chi connectivity index (χ0v) is 16.8. The summed E-state index contributed by atoms with van der Waals surface area (Å²) < 4.78 is 5.44. The van der Waals surface area contributed by atoms with Gasteiger partial charge < -0.3 is 15.0 Å². The molecule has 25 heavy (non-hydrogen) atoms. The Morgan fingerprint density at radius 2 is 1.92 bits per heavy atom. The van der Waals surface area contributed by atoms with Crippen LogP contribution in [0.4, 0.5) is 0 Å². The Hall–Kier alpha value is -1.26. The van der Waals surface area contributed by atoms with E-state index in [0.29, 0.717) is 6.42 Å². The van der Waals surface area contributed by atoms with E-state index >= 15 is 0 Å². The molecule has 1 amide bonds. The van der Waals surface area contributed by atoms with Gasteiger partial charge in [0.2, 0.25) is 5.91 Å². The number of amides is 1. The van der Waals surface area contributed by atoms with Gasteiger partial charge in [-0.2, -0.15) is 0 Å². The Labute approximate surface area is 158 Å². The first-order valence-corrected chi connectivity index (χ1v) is 9.04. The molecule has 1 heterocycles. The maximum atomic E-state index is 13.0. The molecule has 1 saturated heterocycles. The van der Waals surface area contributed by atoms with Crippen molar-refractivity contribution in [2.45, 2.75) is 39.5 Å². The predicted molar refractivity (Wildman–Crippen MR) is 106 cm³/mol. The SMILES string of the molecule is CNCCC1CCN(C(=O)C(C)(C)Cc2ccccc2OC)CC1.Cl. The number of likely N-dealkylation sites (tertiary alicyclic amines) is 1. The van der Waals surface area contributed by atoms with Crippen LogP contribution in [-0.2, 0) is 11.2 Å². The Morgan fingerprint density at radius 3 is 2.52 bits per heavy atom. The van der Waals surface area contributed by atoms with Gasteiger partial charge >= 0.3 is 0 Å². The van der Waals surface area contributed by atoms with E-state index in [4.69, 9.17) is 4.74 Å². The summed E-state index contributed by atoms with van der Waals surface area (Å²) in [6.45, 7) is 6.95. The number of carbonyl (C=O) groups excluding carboxylic acids is 1. The van der Waals surface area contributed by atoms with Gasteiger partial charge in [-0.25, -0.2) is 0 Å². The molecule has 0 spiro atoms. The monoisotopic (exact) mass is 368 g/mol. The van der Waals surface area contributed by atoms with Crippen molar-refractivity contribution in [1.29, 1.82) is 0 Å². The highest BCUT2D eigenvalue weighted by molar-refractivity contribution is 5.85. The summed E-state index contributed by atoms with van der Waals surface area (Å²) >= 11 is 0. The maximum Gasteiger partial charge on any atom is 0.228 e. The second kappa shape index (κ2) is 10.0. The molecule has 1 aliphatic rings. The fourth-order valence-corrected chi connectivity index (χ4v) is 3.60. The Kier molecular flexibility index (Phi) is 8.74. The van der Waals surface area contributed by atoms with Crippen LogP contribution in [0.5, 0.6) is 5.75 Å². The molecule has 0 saturated carbocycles. The standard InChI is InChI=1S/C20H32N2O2.ClH/c1-20(2,15-17-7-5-6-8-18(17)24-4)19(23)22-13-10-16(11-14-22)9-12-21-3;/h5-8,16,21H,9-15H2,1-4H3;1H. The number of piperidine rings is 1. The topological polar surface area (TPSA) is 41.6 Å². The molecule has 2 rings (SSSR count).